The van der Waals surface area contributed by atoms with Gasteiger partial charge in [0.05, 0.1) is 18.9 Å². The molecule has 6 heteroatoms. The zero-order valence-corrected chi connectivity index (χ0v) is 14.5. The molecule has 2 fully saturated rings. The van der Waals surface area contributed by atoms with Crippen molar-refractivity contribution in [3.63, 3.8) is 0 Å². The molecule has 1 aromatic heterocycles. The first-order chi connectivity index (χ1) is 11.0. The van der Waals surface area contributed by atoms with Crippen molar-refractivity contribution in [1.29, 1.82) is 0 Å². The van der Waals surface area contributed by atoms with E-state index < -0.39 is 0 Å². The molecular weight excluding hydrogens is 294 g/mol. The summed E-state index contributed by atoms with van der Waals surface area (Å²) in [6.45, 7) is 8.43. The maximum absolute atomic E-state index is 12.1. The Bertz CT molecular complexity index is 550. The molecule has 0 aliphatic carbocycles. The Morgan fingerprint density at radius 3 is 2.74 bits per heavy atom. The largest absolute Gasteiger partial charge is 0.381 e. The van der Waals surface area contributed by atoms with Crippen molar-refractivity contribution in [2.75, 3.05) is 40.4 Å². The highest BCUT2D eigenvalue weighted by atomic mass is 16.5. The van der Waals surface area contributed by atoms with E-state index in [4.69, 9.17) is 9.26 Å². The Kier molecular flexibility index (Phi) is 4.73. The third kappa shape index (κ3) is 3.43. The van der Waals surface area contributed by atoms with Crippen LogP contribution in [0.4, 0.5) is 0 Å². The number of hydrogen-bond donors (Lipinski definition) is 0. The highest BCUT2D eigenvalue weighted by molar-refractivity contribution is 5.75. The number of fused-ring (bicyclic) bond motifs is 1. The summed E-state index contributed by atoms with van der Waals surface area (Å²) < 4.78 is 11.1. The maximum atomic E-state index is 12.1. The minimum atomic E-state index is 0.198. The highest BCUT2D eigenvalue weighted by Gasteiger charge is 2.41. The standard InChI is InChI=1S/C17H27N3O3/c1-11-15(12(2)23-18-11)7-20-6-14-10-22-9-13(16(14)8-20)5-17(21)19(3)4/h13-14,16H,5-10H2,1-4H3/t13-,14-,16+/m1/s1. The number of carbonyl (C=O) groups is 1. The van der Waals surface area contributed by atoms with Gasteiger partial charge in [-0.2, -0.15) is 0 Å². The number of hydrogen-bond acceptors (Lipinski definition) is 5. The zero-order valence-electron chi connectivity index (χ0n) is 14.5. The van der Waals surface area contributed by atoms with Gasteiger partial charge in [0.1, 0.15) is 5.76 Å². The molecule has 0 spiro atoms. The average molecular weight is 321 g/mol. The first-order valence-electron chi connectivity index (χ1n) is 8.37. The fourth-order valence-corrected chi connectivity index (χ4v) is 3.89. The van der Waals surface area contributed by atoms with E-state index in [1.807, 2.05) is 27.9 Å². The van der Waals surface area contributed by atoms with Crippen molar-refractivity contribution < 1.29 is 14.1 Å². The molecule has 0 N–H and O–H groups in total. The van der Waals surface area contributed by atoms with Crippen LogP contribution in [0.5, 0.6) is 0 Å². The predicted molar refractivity (Wildman–Crippen MR) is 85.9 cm³/mol. The molecule has 0 radical (unpaired) electrons. The SMILES string of the molecule is Cc1noc(C)c1CN1C[C@@H]2COC[C@@H](CC(=O)N(C)C)[C@@H]2C1. The number of aryl methyl sites for hydroxylation is 2. The van der Waals surface area contributed by atoms with E-state index in [-0.39, 0.29) is 5.91 Å². The van der Waals surface area contributed by atoms with E-state index in [1.54, 1.807) is 4.90 Å². The van der Waals surface area contributed by atoms with Crippen LogP contribution in [0, 0.1) is 31.6 Å². The lowest BCUT2D eigenvalue weighted by molar-refractivity contribution is -0.132. The van der Waals surface area contributed by atoms with Gasteiger partial charge in [0, 0.05) is 45.7 Å². The van der Waals surface area contributed by atoms with Crippen LogP contribution in [0.2, 0.25) is 0 Å². The molecule has 3 atom stereocenters. The third-order valence-electron chi connectivity index (χ3n) is 5.34. The maximum Gasteiger partial charge on any atom is 0.222 e. The highest BCUT2D eigenvalue weighted by Crippen LogP contribution is 2.36. The Hall–Kier alpha value is -1.40. The van der Waals surface area contributed by atoms with Gasteiger partial charge in [0.15, 0.2) is 0 Å². The first-order valence-corrected chi connectivity index (χ1v) is 8.37. The molecule has 1 amide bonds. The van der Waals surface area contributed by atoms with E-state index in [9.17, 15) is 4.79 Å². The van der Waals surface area contributed by atoms with Crippen LogP contribution in [-0.4, -0.2) is 61.3 Å². The van der Waals surface area contributed by atoms with E-state index in [0.29, 0.717) is 30.8 Å². The molecule has 0 bridgehead atoms. The van der Waals surface area contributed by atoms with Crippen LogP contribution in [0.1, 0.15) is 23.4 Å². The fourth-order valence-electron chi connectivity index (χ4n) is 3.89. The molecule has 3 heterocycles. The predicted octanol–water partition coefficient (Wildman–Crippen LogP) is 1.46. The van der Waals surface area contributed by atoms with Crippen molar-refractivity contribution in [1.82, 2.24) is 15.0 Å². The second kappa shape index (κ2) is 6.61. The van der Waals surface area contributed by atoms with Crippen molar-refractivity contribution in [2.24, 2.45) is 17.8 Å². The molecule has 0 unspecified atom stereocenters. The van der Waals surface area contributed by atoms with Gasteiger partial charge in [-0.1, -0.05) is 5.16 Å². The molecule has 6 nitrogen and oxygen atoms in total. The number of likely N-dealkylation sites (tertiary alicyclic amines) is 1. The van der Waals surface area contributed by atoms with Gasteiger partial charge < -0.3 is 14.2 Å². The van der Waals surface area contributed by atoms with Gasteiger partial charge in [-0.05, 0) is 31.6 Å². The number of rotatable bonds is 4. The van der Waals surface area contributed by atoms with Gasteiger partial charge in [0.2, 0.25) is 5.91 Å². The van der Waals surface area contributed by atoms with E-state index >= 15 is 0 Å². The van der Waals surface area contributed by atoms with Crippen molar-refractivity contribution in [3.8, 4) is 0 Å². The minimum absolute atomic E-state index is 0.198. The Morgan fingerprint density at radius 1 is 1.30 bits per heavy atom. The second-order valence-corrected chi connectivity index (χ2v) is 7.21. The fraction of sp³-hybridized carbons (Fsp3) is 0.765. The summed E-state index contributed by atoms with van der Waals surface area (Å²) in [6.07, 6.45) is 0.591. The van der Waals surface area contributed by atoms with Crippen LogP contribution in [0.25, 0.3) is 0 Å². The number of amides is 1. The number of nitrogens with zero attached hydrogens (tertiary/aromatic N) is 3. The van der Waals surface area contributed by atoms with Gasteiger partial charge in [-0.3, -0.25) is 9.69 Å². The summed E-state index contributed by atoms with van der Waals surface area (Å²) in [5.41, 5.74) is 2.18. The molecule has 0 saturated carbocycles. The Morgan fingerprint density at radius 2 is 2.09 bits per heavy atom. The lowest BCUT2D eigenvalue weighted by Gasteiger charge is -2.33. The van der Waals surface area contributed by atoms with E-state index in [1.165, 1.54) is 5.56 Å². The minimum Gasteiger partial charge on any atom is -0.381 e. The number of ether oxygens (including phenoxy) is 1. The average Bonchev–Trinajstić information content (AvgIpc) is 3.06. The van der Waals surface area contributed by atoms with Crippen molar-refractivity contribution >= 4 is 5.91 Å². The molecule has 0 aromatic carbocycles. The topological polar surface area (TPSA) is 58.8 Å². The monoisotopic (exact) mass is 321 g/mol. The van der Waals surface area contributed by atoms with Crippen molar-refractivity contribution in [2.45, 2.75) is 26.8 Å². The lowest BCUT2D eigenvalue weighted by Crippen LogP contribution is -2.38. The van der Waals surface area contributed by atoms with Crippen LogP contribution in [0.15, 0.2) is 4.52 Å². The molecule has 128 valence electrons. The normalized spacial score (nSPS) is 27.9. The van der Waals surface area contributed by atoms with E-state index in [2.05, 4.69) is 10.1 Å². The molecule has 2 aliphatic heterocycles. The summed E-state index contributed by atoms with van der Waals surface area (Å²) in [4.78, 5) is 16.2. The third-order valence-corrected chi connectivity index (χ3v) is 5.34. The summed E-state index contributed by atoms with van der Waals surface area (Å²) >= 11 is 0. The molecule has 1 aromatic rings. The lowest BCUT2D eigenvalue weighted by atomic mass is 9.81. The molecule has 2 saturated heterocycles. The zero-order chi connectivity index (χ0) is 16.6. The van der Waals surface area contributed by atoms with Crippen LogP contribution < -0.4 is 0 Å². The molecule has 3 rings (SSSR count). The first kappa shape index (κ1) is 16.5. The van der Waals surface area contributed by atoms with Gasteiger partial charge in [-0.15, -0.1) is 0 Å². The van der Waals surface area contributed by atoms with Gasteiger partial charge in [0.25, 0.3) is 0 Å². The Balaban J connectivity index is 1.65. The quantitative estimate of drug-likeness (QED) is 0.840. The molecular formula is C17H27N3O3. The smallest absolute Gasteiger partial charge is 0.222 e. The van der Waals surface area contributed by atoms with Gasteiger partial charge >= 0.3 is 0 Å². The van der Waals surface area contributed by atoms with Crippen molar-refractivity contribution in [3.05, 3.63) is 17.0 Å². The summed E-state index contributed by atoms with van der Waals surface area (Å²) in [6, 6.07) is 0. The summed E-state index contributed by atoms with van der Waals surface area (Å²) in [5.74, 6) is 2.52. The van der Waals surface area contributed by atoms with Crippen LogP contribution >= 0.6 is 0 Å². The molecule has 2 aliphatic rings. The summed E-state index contributed by atoms with van der Waals surface area (Å²) in [5, 5.41) is 4.05. The molecule has 23 heavy (non-hydrogen) atoms. The van der Waals surface area contributed by atoms with E-state index in [0.717, 1.165) is 37.7 Å². The van der Waals surface area contributed by atoms with Crippen LogP contribution in [-0.2, 0) is 16.1 Å². The summed E-state index contributed by atoms with van der Waals surface area (Å²) in [7, 11) is 3.64. The number of aromatic nitrogens is 1. The van der Waals surface area contributed by atoms with Crippen LogP contribution in [0.3, 0.4) is 0 Å². The van der Waals surface area contributed by atoms with Gasteiger partial charge in [-0.25, -0.2) is 0 Å². The second-order valence-electron chi connectivity index (χ2n) is 7.21. The Labute approximate surface area is 137 Å². The number of carbonyl (C=O) groups excluding carboxylic acids is 1.